The summed E-state index contributed by atoms with van der Waals surface area (Å²) in [6.45, 7) is 3.06. The summed E-state index contributed by atoms with van der Waals surface area (Å²) in [6, 6.07) is 4.20. The Morgan fingerprint density at radius 1 is 0.897 bits per heavy atom. The number of rotatable bonds is 5. The third-order valence-electron chi connectivity index (χ3n) is 9.12. The molecular formula is C25H29F3N6O4S. The number of aromatic amines is 1. The van der Waals surface area contributed by atoms with Crippen LogP contribution in [0.25, 0.3) is 0 Å². The summed E-state index contributed by atoms with van der Waals surface area (Å²) in [7, 11) is -3.83. The van der Waals surface area contributed by atoms with Crippen molar-refractivity contribution in [3.8, 4) is 5.75 Å². The predicted octanol–water partition coefficient (Wildman–Crippen LogP) is 3.28. The molecule has 0 bridgehead atoms. The van der Waals surface area contributed by atoms with Gasteiger partial charge in [0.25, 0.3) is 0 Å². The third-order valence-corrected chi connectivity index (χ3v) is 10.9. The van der Waals surface area contributed by atoms with Crippen LogP contribution in [-0.2, 0) is 10.0 Å². The van der Waals surface area contributed by atoms with Gasteiger partial charge in [-0.15, -0.1) is 23.4 Å². The highest BCUT2D eigenvalue weighted by molar-refractivity contribution is 7.89. The number of carbonyl (C=O) groups excluding carboxylic acids is 1. The Balaban J connectivity index is 0.864. The first-order valence-corrected chi connectivity index (χ1v) is 14.7. The van der Waals surface area contributed by atoms with E-state index in [2.05, 4.69) is 19.9 Å². The molecule has 2 aliphatic carbocycles. The quantitative estimate of drug-likeness (QED) is 0.595. The number of amides is 2. The zero-order valence-corrected chi connectivity index (χ0v) is 22.0. The number of sulfonamides is 1. The predicted molar refractivity (Wildman–Crippen MR) is 130 cm³/mol. The molecule has 7 rings (SSSR count). The molecule has 1 aromatic heterocycles. The lowest BCUT2D eigenvalue weighted by atomic mass is 9.57. The number of urea groups is 1. The van der Waals surface area contributed by atoms with Crippen LogP contribution in [0.3, 0.4) is 0 Å². The number of nitrogens with zero attached hydrogens (tertiary/aromatic N) is 5. The topological polar surface area (TPSA) is 112 Å². The third kappa shape index (κ3) is 4.26. The van der Waals surface area contributed by atoms with E-state index in [0.717, 1.165) is 61.8 Å². The van der Waals surface area contributed by atoms with Gasteiger partial charge < -0.3 is 19.5 Å². The first kappa shape index (κ1) is 25.1. The molecular weight excluding hydrogens is 537 g/mol. The Morgan fingerprint density at radius 2 is 1.46 bits per heavy atom. The zero-order chi connectivity index (χ0) is 27.2. The lowest BCUT2D eigenvalue weighted by Crippen LogP contribution is -2.76. The summed E-state index contributed by atoms with van der Waals surface area (Å²) in [5, 5.41) is 8.71. The molecule has 10 nitrogen and oxygen atoms in total. The maximum atomic E-state index is 13.0. The molecule has 2 aromatic rings. The number of aromatic nitrogens is 3. The number of H-pyrrole nitrogens is 1. The lowest BCUT2D eigenvalue weighted by molar-refractivity contribution is -0.274. The molecule has 4 heterocycles. The number of likely N-dealkylation sites (tertiary alicyclic amines) is 2. The van der Waals surface area contributed by atoms with Crippen molar-refractivity contribution in [3.63, 3.8) is 0 Å². The van der Waals surface area contributed by atoms with E-state index in [0.29, 0.717) is 24.9 Å². The Labute approximate surface area is 223 Å². The van der Waals surface area contributed by atoms with Gasteiger partial charge in [-0.1, -0.05) is 6.42 Å². The van der Waals surface area contributed by atoms with E-state index >= 15 is 0 Å². The molecule has 210 valence electrons. The monoisotopic (exact) mass is 566 g/mol. The van der Waals surface area contributed by atoms with Crippen molar-refractivity contribution >= 4 is 16.1 Å². The van der Waals surface area contributed by atoms with E-state index in [9.17, 15) is 26.4 Å². The maximum absolute atomic E-state index is 13.0. The van der Waals surface area contributed by atoms with Gasteiger partial charge in [-0.05, 0) is 49.9 Å². The average Bonchev–Trinajstić information content (AvgIpc) is 3.16. The highest BCUT2D eigenvalue weighted by Gasteiger charge is 2.60. The van der Waals surface area contributed by atoms with Crippen molar-refractivity contribution in [2.75, 3.05) is 39.3 Å². The van der Waals surface area contributed by atoms with E-state index in [1.54, 1.807) is 4.90 Å². The Hall–Kier alpha value is -2.87. The van der Waals surface area contributed by atoms with Gasteiger partial charge in [0.15, 0.2) is 0 Å². The minimum absolute atomic E-state index is 0.00296. The molecule has 3 saturated heterocycles. The lowest BCUT2D eigenvalue weighted by Gasteiger charge is -2.63. The normalized spacial score (nSPS) is 24.5. The van der Waals surface area contributed by atoms with E-state index in [4.69, 9.17) is 0 Å². The first-order chi connectivity index (χ1) is 18.4. The first-order valence-electron chi connectivity index (χ1n) is 13.3. The number of alkyl halides is 3. The highest BCUT2D eigenvalue weighted by atomic mass is 32.2. The number of hydrogen-bond acceptors (Lipinski definition) is 6. The smallest absolute Gasteiger partial charge is 0.406 e. The molecule has 0 atom stereocenters. The number of benzene rings is 1. The largest absolute Gasteiger partial charge is 0.573 e. The van der Waals surface area contributed by atoms with E-state index in [1.165, 1.54) is 23.6 Å². The van der Waals surface area contributed by atoms with E-state index < -0.39 is 22.1 Å². The average molecular weight is 567 g/mol. The Kier molecular flexibility index (Phi) is 5.36. The molecule has 3 aliphatic heterocycles. The van der Waals surface area contributed by atoms with Crippen molar-refractivity contribution < 1.29 is 31.1 Å². The number of carbonyl (C=O) groups is 1. The van der Waals surface area contributed by atoms with Gasteiger partial charge in [-0.3, -0.25) is 0 Å². The van der Waals surface area contributed by atoms with Gasteiger partial charge in [0.05, 0.1) is 4.90 Å². The van der Waals surface area contributed by atoms with Crippen LogP contribution in [0.1, 0.15) is 55.6 Å². The van der Waals surface area contributed by atoms with Crippen LogP contribution in [0.2, 0.25) is 0 Å². The fourth-order valence-corrected chi connectivity index (χ4v) is 8.47. The van der Waals surface area contributed by atoms with Gasteiger partial charge in [-0.25, -0.2) is 13.2 Å². The number of ether oxygens (including phenoxy) is 1. The van der Waals surface area contributed by atoms with Crippen LogP contribution in [0.15, 0.2) is 29.2 Å². The fraction of sp³-hybridized carbons (Fsp3) is 0.640. The SMILES string of the molecule is O=C(N1CC2(CC(c3nnc(C4CCC4)[nH]3)C2)C1)N1CC2(C1)CN(S(=O)(=O)c1ccc(OC(F)(F)F)cc1)C2. The summed E-state index contributed by atoms with van der Waals surface area (Å²) >= 11 is 0. The van der Waals surface area contributed by atoms with Crippen LogP contribution in [0.5, 0.6) is 5.75 Å². The fourth-order valence-electron chi connectivity index (χ4n) is 6.81. The minimum atomic E-state index is -4.84. The number of halogens is 3. The molecule has 2 spiro atoms. The second kappa shape index (κ2) is 8.32. The summed E-state index contributed by atoms with van der Waals surface area (Å²) < 4.78 is 67.9. The van der Waals surface area contributed by atoms with Crippen molar-refractivity contribution in [1.82, 2.24) is 29.3 Å². The number of nitrogens with one attached hydrogen (secondary N) is 1. The zero-order valence-electron chi connectivity index (χ0n) is 21.2. The van der Waals surface area contributed by atoms with Crippen LogP contribution in [0, 0.1) is 10.8 Å². The van der Waals surface area contributed by atoms with Gasteiger partial charge in [0, 0.05) is 61.9 Å². The molecule has 0 unspecified atom stereocenters. The highest BCUT2D eigenvalue weighted by Crippen LogP contribution is 2.56. The van der Waals surface area contributed by atoms with Gasteiger partial charge >= 0.3 is 12.4 Å². The minimum Gasteiger partial charge on any atom is -0.406 e. The van der Waals surface area contributed by atoms with Crippen molar-refractivity contribution in [2.24, 2.45) is 10.8 Å². The molecule has 14 heteroatoms. The molecule has 0 radical (unpaired) electrons. The van der Waals surface area contributed by atoms with Crippen LogP contribution >= 0.6 is 0 Å². The van der Waals surface area contributed by atoms with E-state index in [1.807, 2.05) is 4.90 Å². The molecule has 39 heavy (non-hydrogen) atoms. The van der Waals surface area contributed by atoms with Crippen molar-refractivity contribution in [1.29, 1.82) is 0 Å². The van der Waals surface area contributed by atoms with Gasteiger partial charge in [0.2, 0.25) is 10.0 Å². The summed E-state index contributed by atoms with van der Waals surface area (Å²) in [4.78, 5) is 20.0. The molecule has 1 aromatic carbocycles. The van der Waals surface area contributed by atoms with Gasteiger partial charge in [-0.2, -0.15) is 4.31 Å². The maximum Gasteiger partial charge on any atom is 0.573 e. The Morgan fingerprint density at radius 3 is 2.00 bits per heavy atom. The van der Waals surface area contributed by atoms with Gasteiger partial charge in [0.1, 0.15) is 17.4 Å². The van der Waals surface area contributed by atoms with Crippen LogP contribution in [0.4, 0.5) is 18.0 Å². The van der Waals surface area contributed by atoms with Crippen molar-refractivity contribution in [2.45, 2.75) is 55.2 Å². The molecule has 2 amide bonds. The van der Waals surface area contributed by atoms with Crippen LogP contribution in [-0.4, -0.2) is 89.4 Å². The van der Waals surface area contributed by atoms with Crippen molar-refractivity contribution in [3.05, 3.63) is 35.9 Å². The summed E-state index contributed by atoms with van der Waals surface area (Å²) in [6.07, 6.45) is 0.805. The van der Waals surface area contributed by atoms with Crippen LogP contribution < -0.4 is 4.74 Å². The molecule has 5 fully saturated rings. The Bertz CT molecular complexity index is 1380. The summed E-state index contributed by atoms with van der Waals surface area (Å²) in [5.41, 5.74) is -0.0784. The molecule has 1 N–H and O–H groups in total. The number of hydrogen-bond donors (Lipinski definition) is 1. The molecule has 2 saturated carbocycles. The summed E-state index contributed by atoms with van der Waals surface area (Å²) in [5.74, 6) is 2.44. The molecule has 5 aliphatic rings. The second-order valence-corrected chi connectivity index (χ2v) is 14.1. The standard InChI is InChI=1S/C25H29F3N6O4S/c26-25(27,28)38-18-4-6-19(7-5-18)39(36,37)34-14-24(15-34)12-33(13-24)22(35)32-10-23(11-32)8-17(9-23)21-29-20(30-31-21)16-2-1-3-16/h4-7,16-17H,1-3,8-15H2,(H,29,30,31). The second-order valence-electron chi connectivity index (χ2n) is 12.1. The van der Waals surface area contributed by atoms with E-state index in [-0.39, 0.29) is 34.8 Å².